The molecule has 3 amide bonds. The summed E-state index contributed by atoms with van der Waals surface area (Å²) in [6, 6.07) is 19.1. The zero-order valence-corrected chi connectivity index (χ0v) is 49.9. The van der Waals surface area contributed by atoms with Crippen molar-refractivity contribution in [2.45, 2.75) is 170 Å². The molecule has 3 aliphatic heterocycles. The third kappa shape index (κ3) is 8.90. The van der Waals surface area contributed by atoms with Gasteiger partial charge >= 0.3 is 0 Å². The van der Waals surface area contributed by atoms with Gasteiger partial charge in [-0.3, -0.25) is 29.1 Å². The van der Waals surface area contributed by atoms with Crippen LogP contribution in [0.2, 0.25) is 0 Å². The SMILES string of the molecule is COC1CCC2(CC1)Cc1ccc(C#CC3CC3)cc1C21N=C(N)N(C)C1=O.COC1CCC2(CC1)Cc1ccc(C#CC3CC3)cc1[C@@]21N=C(N)N(C)C1=O.COC1CCC2(CC1)Cc1ccc(C#CC3CC3)cc1[C@]21N=C(N)N(C)C1=O. The van der Waals surface area contributed by atoms with E-state index in [0.717, 1.165) is 130 Å². The number of hydrogen-bond donors (Lipinski definition) is 3. The van der Waals surface area contributed by atoms with Crippen molar-refractivity contribution in [3.05, 3.63) is 105 Å². The van der Waals surface area contributed by atoms with Gasteiger partial charge in [0, 0.05) is 93.2 Å². The van der Waals surface area contributed by atoms with Crippen molar-refractivity contribution in [2.75, 3.05) is 42.5 Å². The van der Waals surface area contributed by atoms with Crippen molar-refractivity contribution in [1.82, 2.24) is 14.7 Å². The molecule has 6 saturated carbocycles. The van der Waals surface area contributed by atoms with Gasteiger partial charge in [0.2, 0.25) is 0 Å². The van der Waals surface area contributed by atoms with Crippen LogP contribution < -0.4 is 17.2 Å². The number of nitrogens with zero attached hydrogens (tertiary/aromatic N) is 6. The van der Waals surface area contributed by atoms with Gasteiger partial charge < -0.3 is 31.4 Å². The Morgan fingerprint density at radius 1 is 0.417 bits per heavy atom. The number of guanidine groups is 3. The maximum Gasteiger partial charge on any atom is 0.262 e. The highest BCUT2D eigenvalue weighted by Gasteiger charge is 2.69. The van der Waals surface area contributed by atoms with Crippen LogP contribution in [0.1, 0.15) is 166 Å². The van der Waals surface area contributed by atoms with E-state index in [1.54, 1.807) is 42.5 Å². The molecule has 12 aliphatic rings. The van der Waals surface area contributed by atoms with Crippen LogP contribution in [0.3, 0.4) is 0 Å². The van der Waals surface area contributed by atoms with E-state index in [-0.39, 0.29) is 52.3 Å². The summed E-state index contributed by atoms with van der Waals surface area (Å²) in [5, 5.41) is 0. The van der Waals surface area contributed by atoms with Crippen LogP contribution >= 0.6 is 0 Å². The Bertz CT molecular complexity index is 3150. The zero-order valence-electron chi connectivity index (χ0n) is 49.9. The number of carbonyl (C=O) groups is 3. The fourth-order valence-corrected chi connectivity index (χ4v) is 16.3. The van der Waals surface area contributed by atoms with E-state index >= 15 is 0 Å². The van der Waals surface area contributed by atoms with Gasteiger partial charge in [0.15, 0.2) is 34.5 Å². The van der Waals surface area contributed by atoms with Gasteiger partial charge in [-0.15, -0.1) is 0 Å². The van der Waals surface area contributed by atoms with E-state index in [2.05, 4.69) is 90.1 Å². The van der Waals surface area contributed by atoms with Crippen LogP contribution in [0.5, 0.6) is 0 Å². The summed E-state index contributed by atoms with van der Waals surface area (Å²) in [4.78, 5) is 60.0. The molecule has 84 heavy (non-hydrogen) atoms. The molecule has 3 aromatic rings. The van der Waals surface area contributed by atoms with Gasteiger partial charge in [0.25, 0.3) is 17.7 Å². The molecule has 3 atom stereocenters. The average Bonchev–Trinajstić information content (AvgIpc) is 1.59. The standard InChI is InChI=1S/3C23H27N3O2/c3*1-26-20(27)23(25-21(26)24)19-13-16(6-5-15-3-4-15)7-8-17(19)14-22(23)11-9-18(28-2)10-12-22/h3*7-8,13,15,18H,3-4,9-12,14H2,1-2H3,(H2,24,25)/t2*18?,22?,23-;/m10./s1. The molecule has 3 heterocycles. The van der Waals surface area contributed by atoms with Crippen molar-refractivity contribution >= 4 is 35.6 Å². The third-order valence-corrected chi connectivity index (χ3v) is 21.8. The third-order valence-electron chi connectivity index (χ3n) is 21.8. The zero-order chi connectivity index (χ0) is 58.6. The second-order valence-electron chi connectivity index (χ2n) is 26.6. The predicted octanol–water partition coefficient (Wildman–Crippen LogP) is 7.68. The van der Waals surface area contributed by atoms with E-state index in [1.807, 2.05) is 0 Å². The first-order chi connectivity index (χ1) is 40.5. The number of rotatable bonds is 3. The first kappa shape index (κ1) is 56.2. The number of benzene rings is 3. The predicted molar refractivity (Wildman–Crippen MR) is 323 cm³/mol. The number of ether oxygens (including phenoxy) is 3. The van der Waals surface area contributed by atoms with Crippen molar-refractivity contribution in [2.24, 2.45) is 66.2 Å². The Kier molecular flexibility index (Phi) is 14.0. The number of carbonyl (C=O) groups excluding carboxylic acids is 3. The minimum absolute atomic E-state index is 0.00641. The molecule has 15 rings (SSSR count). The largest absolute Gasteiger partial charge is 0.381 e. The molecule has 9 aliphatic carbocycles. The minimum Gasteiger partial charge on any atom is -0.381 e. The molecule has 6 N–H and O–H groups in total. The Hall–Kier alpha value is -6.96. The highest BCUT2D eigenvalue weighted by Crippen LogP contribution is 2.65. The maximum atomic E-state index is 13.6. The quantitative estimate of drug-likeness (QED) is 0.220. The number of likely N-dealkylation sites (N-methyl/N-ethyl adjacent to an activating group) is 3. The van der Waals surface area contributed by atoms with E-state index in [1.165, 1.54) is 69.9 Å². The topological polar surface area (TPSA) is 204 Å². The first-order valence-electron chi connectivity index (χ1n) is 30.9. The fourth-order valence-electron chi connectivity index (χ4n) is 16.3. The van der Waals surface area contributed by atoms with Crippen LogP contribution in [-0.2, 0) is 64.5 Å². The fraction of sp³-hybridized carbons (Fsp3) is 0.565. The van der Waals surface area contributed by atoms with Gasteiger partial charge in [-0.05, 0) is 205 Å². The Morgan fingerprint density at radius 2 is 0.667 bits per heavy atom. The summed E-state index contributed by atoms with van der Waals surface area (Å²) in [5.74, 6) is 22.6. The Balaban J connectivity index is 0.000000118. The van der Waals surface area contributed by atoms with Gasteiger partial charge in [-0.2, -0.15) is 0 Å². The van der Waals surface area contributed by atoms with Gasteiger partial charge in [-0.25, -0.2) is 15.0 Å². The minimum atomic E-state index is -0.906. The molecule has 0 radical (unpaired) electrons. The van der Waals surface area contributed by atoms with Crippen molar-refractivity contribution in [3.63, 3.8) is 0 Å². The van der Waals surface area contributed by atoms with Crippen LogP contribution in [0, 0.1) is 69.5 Å². The van der Waals surface area contributed by atoms with Crippen LogP contribution in [-0.4, -0.2) is 111 Å². The second-order valence-corrected chi connectivity index (χ2v) is 26.6. The molecule has 0 bridgehead atoms. The van der Waals surface area contributed by atoms with Gasteiger partial charge in [0.05, 0.1) is 18.3 Å². The smallest absolute Gasteiger partial charge is 0.262 e. The molecule has 6 spiro atoms. The van der Waals surface area contributed by atoms with E-state index < -0.39 is 16.6 Å². The molecule has 15 nitrogen and oxygen atoms in total. The summed E-state index contributed by atoms with van der Waals surface area (Å²) < 4.78 is 16.8. The van der Waals surface area contributed by atoms with Crippen LogP contribution in [0.15, 0.2) is 69.6 Å². The lowest BCUT2D eigenvalue weighted by molar-refractivity contribution is -0.138. The second kappa shape index (κ2) is 20.9. The summed E-state index contributed by atoms with van der Waals surface area (Å²) in [6.07, 6.45) is 21.8. The highest BCUT2D eigenvalue weighted by atomic mass is 16.5. The van der Waals surface area contributed by atoms with Crippen molar-refractivity contribution in [3.8, 4) is 35.5 Å². The molecule has 438 valence electrons. The number of aliphatic imine (C=N–C) groups is 3. The lowest BCUT2D eigenvalue weighted by Gasteiger charge is -2.45. The molecular formula is C69H81N9O6. The number of nitrogens with two attached hydrogens (primary N) is 3. The number of amides is 3. The monoisotopic (exact) mass is 1130 g/mol. The molecule has 6 fully saturated rings. The van der Waals surface area contributed by atoms with E-state index in [9.17, 15) is 14.4 Å². The van der Waals surface area contributed by atoms with E-state index in [0.29, 0.717) is 35.6 Å². The molecule has 1 unspecified atom stereocenters. The molecule has 3 aromatic carbocycles. The maximum absolute atomic E-state index is 13.6. The summed E-state index contributed by atoms with van der Waals surface area (Å²) in [7, 11) is 10.5. The summed E-state index contributed by atoms with van der Waals surface area (Å²) in [6.45, 7) is 0. The lowest BCUT2D eigenvalue weighted by Crippen LogP contribution is -2.51. The highest BCUT2D eigenvalue weighted by molar-refractivity contribution is 6.10. The summed E-state index contributed by atoms with van der Waals surface area (Å²) in [5.41, 5.74) is 24.8. The number of methoxy groups -OCH3 is 3. The first-order valence-corrected chi connectivity index (χ1v) is 30.9. The molecule has 0 saturated heterocycles. The number of fused-ring (bicyclic) bond motifs is 9. The molecule has 15 heteroatoms. The van der Waals surface area contributed by atoms with E-state index in [4.69, 9.17) is 46.4 Å². The van der Waals surface area contributed by atoms with Crippen molar-refractivity contribution < 1.29 is 28.6 Å². The number of hydrogen-bond acceptors (Lipinski definition) is 12. The van der Waals surface area contributed by atoms with Gasteiger partial charge in [-0.1, -0.05) is 53.7 Å². The van der Waals surface area contributed by atoms with Crippen molar-refractivity contribution in [1.29, 1.82) is 0 Å². The van der Waals surface area contributed by atoms with Gasteiger partial charge in [0.1, 0.15) is 0 Å². The van der Waals surface area contributed by atoms with Crippen LogP contribution in [0.4, 0.5) is 0 Å². The normalized spacial score (nSPS) is 33.8. The Morgan fingerprint density at radius 3 is 0.869 bits per heavy atom. The Labute approximate surface area is 495 Å². The average molecular weight is 1130 g/mol. The molecule has 0 aromatic heterocycles. The van der Waals surface area contributed by atoms with Crippen LogP contribution in [0.25, 0.3) is 0 Å². The summed E-state index contributed by atoms with van der Waals surface area (Å²) >= 11 is 0. The molecular weight excluding hydrogens is 1050 g/mol. The lowest BCUT2D eigenvalue weighted by atomic mass is 9.61.